The van der Waals surface area contributed by atoms with Gasteiger partial charge in [0.15, 0.2) is 0 Å². The van der Waals surface area contributed by atoms with Crippen molar-refractivity contribution in [2.75, 3.05) is 6.61 Å². The smallest absolute Gasteiger partial charge is 0.289 e. The monoisotopic (exact) mass is 292 g/mol. The summed E-state index contributed by atoms with van der Waals surface area (Å²) in [6, 6.07) is 0.126. The molecule has 0 aromatic rings. The van der Waals surface area contributed by atoms with Crippen molar-refractivity contribution in [1.82, 2.24) is 5.43 Å². The first-order valence-corrected chi connectivity index (χ1v) is 7.08. The molecule has 0 fully saturated rings. The van der Waals surface area contributed by atoms with E-state index in [2.05, 4.69) is 15.5 Å². The third kappa shape index (κ3) is 6.97. The van der Waals surface area contributed by atoms with Gasteiger partial charge in [-0.3, -0.25) is 9.79 Å². The van der Waals surface area contributed by atoms with Crippen LogP contribution in [-0.2, 0) is 9.53 Å². The van der Waals surface area contributed by atoms with E-state index in [4.69, 9.17) is 10.5 Å². The van der Waals surface area contributed by atoms with Gasteiger partial charge in [0.05, 0.1) is 12.7 Å². The molecule has 0 aromatic carbocycles. The Morgan fingerprint density at radius 2 is 2.19 bits per heavy atom. The zero-order valence-corrected chi connectivity index (χ0v) is 12.9. The standard InChI is InChI=1S/C15H24N4O2/c1-4-17-14(15(20)19-18-11(2)3)9-10-21-13-7-5-12(16)6-8-13/h4-5,7,9,12-13H,6,8,10,16H2,1-3H3,(H,19,20)/b14-9-,17-4?. The molecule has 1 amide bonds. The number of nitrogens with zero attached hydrogens (tertiary/aromatic N) is 2. The van der Waals surface area contributed by atoms with Gasteiger partial charge in [0, 0.05) is 18.0 Å². The van der Waals surface area contributed by atoms with Gasteiger partial charge in [-0.2, -0.15) is 5.10 Å². The molecule has 2 atom stereocenters. The van der Waals surface area contributed by atoms with Gasteiger partial charge < -0.3 is 10.5 Å². The summed E-state index contributed by atoms with van der Waals surface area (Å²) >= 11 is 0. The van der Waals surface area contributed by atoms with E-state index < -0.39 is 0 Å². The van der Waals surface area contributed by atoms with Crippen molar-refractivity contribution < 1.29 is 9.53 Å². The van der Waals surface area contributed by atoms with Crippen LogP contribution < -0.4 is 11.2 Å². The van der Waals surface area contributed by atoms with Crippen LogP contribution in [0.25, 0.3) is 0 Å². The van der Waals surface area contributed by atoms with Crippen molar-refractivity contribution in [3.8, 4) is 0 Å². The van der Waals surface area contributed by atoms with Gasteiger partial charge in [-0.1, -0.05) is 12.2 Å². The lowest BCUT2D eigenvalue weighted by Crippen LogP contribution is -2.25. The molecule has 6 heteroatoms. The van der Waals surface area contributed by atoms with E-state index in [1.54, 1.807) is 33.1 Å². The molecule has 1 aliphatic carbocycles. The minimum Gasteiger partial charge on any atom is -0.370 e. The van der Waals surface area contributed by atoms with Gasteiger partial charge in [0.1, 0.15) is 5.70 Å². The summed E-state index contributed by atoms with van der Waals surface area (Å²) in [5.41, 5.74) is 9.27. The minimum absolute atomic E-state index is 0.0480. The molecule has 0 bridgehead atoms. The zero-order valence-electron chi connectivity index (χ0n) is 12.9. The van der Waals surface area contributed by atoms with Crippen molar-refractivity contribution in [1.29, 1.82) is 0 Å². The number of amides is 1. The second-order valence-electron chi connectivity index (χ2n) is 4.97. The first-order valence-electron chi connectivity index (χ1n) is 7.08. The Kier molecular flexibility index (Phi) is 7.56. The summed E-state index contributed by atoms with van der Waals surface area (Å²) in [4.78, 5) is 15.9. The number of rotatable bonds is 6. The Morgan fingerprint density at radius 3 is 2.76 bits per heavy atom. The van der Waals surface area contributed by atoms with E-state index in [1.807, 2.05) is 12.2 Å². The van der Waals surface area contributed by atoms with Crippen LogP contribution in [0.15, 0.2) is 34.0 Å². The molecule has 21 heavy (non-hydrogen) atoms. The number of carbonyl (C=O) groups is 1. The first-order chi connectivity index (χ1) is 10.0. The molecule has 1 rings (SSSR count). The summed E-state index contributed by atoms with van der Waals surface area (Å²) in [5, 5.41) is 3.87. The van der Waals surface area contributed by atoms with Gasteiger partial charge in [-0.15, -0.1) is 0 Å². The molecule has 1 aliphatic rings. The maximum absolute atomic E-state index is 11.9. The van der Waals surface area contributed by atoms with Crippen LogP contribution >= 0.6 is 0 Å². The summed E-state index contributed by atoms with van der Waals surface area (Å²) in [7, 11) is 0. The lowest BCUT2D eigenvalue weighted by atomic mass is 10.0. The highest BCUT2D eigenvalue weighted by atomic mass is 16.5. The Balaban J connectivity index is 2.54. The maximum atomic E-state index is 11.9. The molecule has 0 aromatic heterocycles. The first kappa shape index (κ1) is 17.3. The third-order valence-electron chi connectivity index (χ3n) is 2.83. The molecule has 0 aliphatic heterocycles. The molecule has 0 heterocycles. The Bertz CT molecular complexity index is 462. The number of carbonyl (C=O) groups excluding carboxylic acids is 1. The molecule has 0 radical (unpaired) electrons. The average Bonchev–Trinajstić information content (AvgIpc) is 2.46. The average molecular weight is 292 g/mol. The molecule has 3 N–H and O–H groups in total. The third-order valence-corrected chi connectivity index (χ3v) is 2.83. The van der Waals surface area contributed by atoms with E-state index in [0.717, 1.165) is 18.6 Å². The second kappa shape index (κ2) is 9.20. The number of hydrogen-bond donors (Lipinski definition) is 2. The maximum Gasteiger partial charge on any atom is 0.289 e. The number of ether oxygens (including phenoxy) is 1. The fourth-order valence-corrected chi connectivity index (χ4v) is 1.77. The van der Waals surface area contributed by atoms with E-state index >= 15 is 0 Å². The topological polar surface area (TPSA) is 89.1 Å². The summed E-state index contributed by atoms with van der Waals surface area (Å²) in [6.07, 6.45) is 8.99. The van der Waals surface area contributed by atoms with Gasteiger partial charge in [0.2, 0.25) is 0 Å². The summed E-state index contributed by atoms with van der Waals surface area (Å²) in [6.45, 7) is 5.67. The molecule has 0 spiro atoms. The normalized spacial score (nSPS) is 22.4. The highest BCUT2D eigenvalue weighted by Crippen LogP contribution is 2.13. The van der Waals surface area contributed by atoms with Crippen LogP contribution in [0, 0.1) is 0 Å². The highest BCUT2D eigenvalue weighted by Gasteiger charge is 2.13. The highest BCUT2D eigenvalue weighted by molar-refractivity contribution is 5.95. The Hall–Kier alpha value is -1.79. The molecule has 6 nitrogen and oxygen atoms in total. The van der Waals surface area contributed by atoms with Crippen molar-refractivity contribution in [2.45, 2.75) is 45.8 Å². The molecular weight excluding hydrogens is 268 g/mol. The largest absolute Gasteiger partial charge is 0.370 e. The SMILES string of the molecule is CC=N/C(=C\COC1C=CC(N)CC1)C(=O)NN=C(C)C. The fraction of sp³-hybridized carbons (Fsp3) is 0.533. The van der Waals surface area contributed by atoms with Crippen LogP contribution in [0.5, 0.6) is 0 Å². The van der Waals surface area contributed by atoms with Crippen molar-refractivity contribution in [3.63, 3.8) is 0 Å². The van der Waals surface area contributed by atoms with E-state index in [-0.39, 0.29) is 18.1 Å². The lowest BCUT2D eigenvalue weighted by Gasteiger charge is -2.19. The van der Waals surface area contributed by atoms with Gasteiger partial charge in [-0.05, 0) is 39.7 Å². The van der Waals surface area contributed by atoms with E-state index in [9.17, 15) is 4.79 Å². The van der Waals surface area contributed by atoms with Gasteiger partial charge in [0.25, 0.3) is 5.91 Å². The summed E-state index contributed by atoms with van der Waals surface area (Å²) < 4.78 is 5.68. The van der Waals surface area contributed by atoms with Crippen molar-refractivity contribution in [2.24, 2.45) is 15.8 Å². The molecule has 116 valence electrons. The zero-order chi connectivity index (χ0) is 15.7. The molecule has 0 saturated carbocycles. The van der Waals surface area contributed by atoms with Crippen molar-refractivity contribution in [3.05, 3.63) is 23.9 Å². The van der Waals surface area contributed by atoms with Gasteiger partial charge >= 0.3 is 0 Å². The van der Waals surface area contributed by atoms with E-state index in [1.165, 1.54) is 0 Å². The van der Waals surface area contributed by atoms with Crippen LogP contribution in [0.4, 0.5) is 0 Å². The predicted octanol–water partition coefficient (Wildman–Crippen LogP) is 1.54. The number of nitrogens with two attached hydrogens (primary N) is 1. The minimum atomic E-state index is -0.348. The molecule has 2 unspecified atom stereocenters. The number of aliphatic imine (C=N–C) groups is 1. The number of nitrogens with one attached hydrogen (secondary N) is 1. The van der Waals surface area contributed by atoms with Gasteiger partial charge in [-0.25, -0.2) is 5.43 Å². The van der Waals surface area contributed by atoms with E-state index in [0.29, 0.717) is 12.3 Å². The van der Waals surface area contributed by atoms with Crippen LogP contribution in [-0.4, -0.2) is 36.6 Å². The fourth-order valence-electron chi connectivity index (χ4n) is 1.77. The Labute approximate surface area is 125 Å². The summed E-state index contributed by atoms with van der Waals surface area (Å²) in [5.74, 6) is -0.348. The molecular formula is C15H24N4O2. The lowest BCUT2D eigenvalue weighted by molar-refractivity contribution is -0.117. The van der Waals surface area contributed by atoms with Crippen LogP contribution in [0.3, 0.4) is 0 Å². The Morgan fingerprint density at radius 1 is 1.43 bits per heavy atom. The quantitative estimate of drug-likeness (QED) is 0.337. The van der Waals surface area contributed by atoms with Crippen molar-refractivity contribution >= 4 is 17.8 Å². The second-order valence-corrected chi connectivity index (χ2v) is 4.97. The number of hydrogen-bond acceptors (Lipinski definition) is 5. The van der Waals surface area contributed by atoms with Crippen LogP contribution in [0.2, 0.25) is 0 Å². The number of hydrazone groups is 1. The van der Waals surface area contributed by atoms with Crippen LogP contribution in [0.1, 0.15) is 33.6 Å². The molecule has 0 saturated heterocycles. The predicted molar refractivity (Wildman–Crippen MR) is 85.3 cm³/mol.